The molecular weight excluding hydrogens is 437 g/mol. The van der Waals surface area contributed by atoms with E-state index in [2.05, 4.69) is 15.6 Å². The van der Waals surface area contributed by atoms with Crippen LogP contribution in [0.25, 0.3) is 11.3 Å². The van der Waals surface area contributed by atoms with Gasteiger partial charge in [-0.25, -0.2) is 4.98 Å². The molecule has 3 rings (SSSR count). The lowest BCUT2D eigenvalue weighted by Crippen LogP contribution is -2.44. The molecule has 0 saturated carbocycles. The van der Waals surface area contributed by atoms with Gasteiger partial charge < -0.3 is 15.1 Å². The molecule has 2 amide bonds. The standard InChI is InChI=1S/C23H23Cl2N3O3/c1-13(2)10-20(28-22(29)18-9-6-16(24)11-19(18)25)23(30)27-17-7-4-15(5-8-17)21-12-26-14(3)31-21/h4-9,11-13,20H,10H2,1-3H3,(H,27,30)(H,28,29)/t20-/m1/s1. The van der Waals surface area contributed by atoms with E-state index in [1.807, 2.05) is 26.0 Å². The Kier molecular flexibility index (Phi) is 7.36. The Bertz CT molecular complexity index is 1080. The van der Waals surface area contributed by atoms with Crippen LogP contribution in [0.2, 0.25) is 10.0 Å². The summed E-state index contributed by atoms with van der Waals surface area (Å²) in [4.78, 5) is 29.7. The number of carbonyl (C=O) groups excluding carboxylic acids is 2. The first-order chi connectivity index (χ1) is 14.7. The summed E-state index contributed by atoms with van der Waals surface area (Å²) in [5.74, 6) is 0.684. The second-order valence-electron chi connectivity index (χ2n) is 7.59. The van der Waals surface area contributed by atoms with Crippen LogP contribution in [-0.2, 0) is 4.79 Å². The normalized spacial score (nSPS) is 11.9. The smallest absolute Gasteiger partial charge is 0.253 e. The second-order valence-corrected chi connectivity index (χ2v) is 8.43. The lowest BCUT2D eigenvalue weighted by molar-refractivity contribution is -0.118. The van der Waals surface area contributed by atoms with Crippen molar-refractivity contribution in [2.24, 2.45) is 5.92 Å². The van der Waals surface area contributed by atoms with Crippen molar-refractivity contribution in [3.05, 3.63) is 70.2 Å². The van der Waals surface area contributed by atoms with Gasteiger partial charge in [-0.15, -0.1) is 0 Å². The van der Waals surface area contributed by atoms with Crippen LogP contribution < -0.4 is 10.6 Å². The number of nitrogens with one attached hydrogen (secondary N) is 2. The number of halogens is 2. The molecule has 0 aliphatic heterocycles. The molecule has 0 spiro atoms. The van der Waals surface area contributed by atoms with E-state index in [0.717, 1.165) is 5.56 Å². The van der Waals surface area contributed by atoms with Crippen LogP contribution >= 0.6 is 23.2 Å². The second kappa shape index (κ2) is 9.98. The Hall–Kier alpha value is -2.83. The van der Waals surface area contributed by atoms with Crippen LogP contribution in [0.3, 0.4) is 0 Å². The van der Waals surface area contributed by atoms with Gasteiger partial charge in [-0.1, -0.05) is 37.0 Å². The summed E-state index contributed by atoms with van der Waals surface area (Å²) in [6.45, 7) is 5.74. The zero-order chi connectivity index (χ0) is 22.5. The molecule has 0 radical (unpaired) electrons. The minimum atomic E-state index is -0.726. The number of aryl methyl sites for hydroxylation is 1. The number of oxazole rings is 1. The number of nitrogens with zero attached hydrogens (tertiary/aromatic N) is 1. The third-order valence-corrected chi connectivity index (χ3v) is 5.11. The predicted molar refractivity (Wildman–Crippen MR) is 122 cm³/mol. The molecule has 0 fully saturated rings. The molecule has 2 N–H and O–H groups in total. The van der Waals surface area contributed by atoms with Gasteiger partial charge in [0.15, 0.2) is 11.7 Å². The summed E-state index contributed by atoms with van der Waals surface area (Å²) < 4.78 is 5.51. The predicted octanol–water partition coefficient (Wildman–Crippen LogP) is 5.74. The van der Waals surface area contributed by atoms with Crippen LogP contribution in [0, 0.1) is 12.8 Å². The van der Waals surface area contributed by atoms with Crippen LogP contribution in [0.15, 0.2) is 53.1 Å². The van der Waals surface area contributed by atoms with Crippen molar-refractivity contribution < 1.29 is 14.0 Å². The molecule has 0 aliphatic rings. The van der Waals surface area contributed by atoms with E-state index >= 15 is 0 Å². The van der Waals surface area contributed by atoms with Gasteiger partial charge in [0, 0.05) is 23.2 Å². The Balaban J connectivity index is 1.71. The zero-order valence-corrected chi connectivity index (χ0v) is 18.9. The zero-order valence-electron chi connectivity index (χ0n) is 17.4. The fourth-order valence-electron chi connectivity index (χ4n) is 3.05. The number of hydrogen-bond acceptors (Lipinski definition) is 4. The Morgan fingerprint density at radius 2 is 1.81 bits per heavy atom. The summed E-state index contributed by atoms with van der Waals surface area (Å²) >= 11 is 12.0. The molecule has 3 aromatic rings. The van der Waals surface area contributed by atoms with E-state index in [9.17, 15) is 9.59 Å². The summed E-state index contributed by atoms with van der Waals surface area (Å²) in [6, 6.07) is 11.1. The Labute approximate surface area is 191 Å². The monoisotopic (exact) mass is 459 g/mol. The first kappa shape index (κ1) is 22.8. The highest BCUT2D eigenvalue weighted by Gasteiger charge is 2.24. The molecule has 2 aromatic carbocycles. The van der Waals surface area contributed by atoms with Crippen molar-refractivity contribution in [1.29, 1.82) is 0 Å². The summed E-state index contributed by atoms with van der Waals surface area (Å²) in [7, 11) is 0. The molecular formula is C23H23Cl2N3O3. The maximum atomic E-state index is 12.9. The number of rotatable bonds is 7. The first-order valence-electron chi connectivity index (χ1n) is 9.82. The average molecular weight is 460 g/mol. The minimum Gasteiger partial charge on any atom is -0.441 e. The van der Waals surface area contributed by atoms with Crippen molar-refractivity contribution in [3.63, 3.8) is 0 Å². The SMILES string of the molecule is Cc1ncc(-c2ccc(NC(=O)[C@@H](CC(C)C)NC(=O)c3ccc(Cl)cc3Cl)cc2)o1. The van der Waals surface area contributed by atoms with Crippen molar-refractivity contribution in [2.75, 3.05) is 5.32 Å². The van der Waals surface area contributed by atoms with E-state index in [4.69, 9.17) is 27.6 Å². The molecule has 6 nitrogen and oxygen atoms in total. The van der Waals surface area contributed by atoms with Crippen molar-refractivity contribution in [1.82, 2.24) is 10.3 Å². The number of carbonyl (C=O) groups is 2. The molecule has 0 aliphatic carbocycles. The fraction of sp³-hybridized carbons (Fsp3) is 0.261. The molecule has 1 aromatic heterocycles. The number of aromatic nitrogens is 1. The summed E-state index contributed by atoms with van der Waals surface area (Å²) in [6.07, 6.45) is 2.12. The lowest BCUT2D eigenvalue weighted by Gasteiger charge is -2.20. The maximum absolute atomic E-state index is 12.9. The Morgan fingerprint density at radius 1 is 1.10 bits per heavy atom. The van der Waals surface area contributed by atoms with E-state index < -0.39 is 11.9 Å². The van der Waals surface area contributed by atoms with Crippen LogP contribution in [0.5, 0.6) is 0 Å². The molecule has 8 heteroatoms. The number of amides is 2. The largest absolute Gasteiger partial charge is 0.441 e. The van der Waals surface area contributed by atoms with Crippen molar-refractivity contribution in [2.45, 2.75) is 33.2 Å². The number of anilines is 1. The van der Waals surface area contributed by atoms with Crippen LogP contribution in [0.1, 0.15) is 36.5 Å². The van der Waals surface area contributed by atoms with Gasteiger partial charge in [0.05, 0.1) is 16.8 Å². The number of hydrogen-bond donors (Lipinski definition) is 2. The van der Waals surface area contributed by atoms with E-state index in [0.29, 0.717) is 28.8 Å². The average Bonchev–Trinajstić information content (AvgIpc) is 3.14. The molecule has 1 heterocycles. The molecule has 0 unspecified atom stereocenters. The maximum Gasteiger partial charge on any atom is 0.253 e. The third-order valence-electron chi connectivity index (χ3n) is 4.56. The highest BCUT2D eigenvalue weighted by atomic mass is 35.5. The van der Waals surface area contributed by atoms with Gasteiger partial charge in [-0.05, 0) is 54.8 Å². The molecule has 0 bridgehead atoms. The quantitative estimate of drug-likeness (QED) is 0.471. The molecule has 31 heavy (non-hydrogen) atoms. The lowest BCUT2D eigenvalue weighted by atomic mass is 10.0. The molecule has 0 saturated heterocycles. The number of benzene rings is 2. The van der Waals surface area contributed by atoms with Gasteiger partial charge in [0.25, 0.3) is 5.91 Å². The van der Waals surface area contributed by atoms with Gasteiger partial charge >= 0.3 is 0 Å². The molecule has 162 valence electrons. The van der Waals surface area contributed by atoms with Gasteiger partial charge in [0.1, 0.15) is 6.04 Å². The van der Waals surface area contributed by atoms with E-state index in [1.165, 1.54) is 12.1 Å². The fourth-order valence-corrected chi connectivity index (χ4v) is 3.55. The van der Waals surface area contributed by atoms with Crippen LogP contribution in [0.4, 0.5) is 5.69 Å². The van der Waals surface area contributed by atoms with Crippen molar-refractivity contribution >= 4 is 40.7 Å². The van der Waals surface area contributed by atoms with Gasteiger partial charge in [-0.2, -0.15) is 0 Å². The third kappa shape index (κ3) is 6.09. The van der Waals surface area contributed by atoms with Gasteiger partial charge in [-0.3, -0.25) is 9.59 Å². The first-order valence-corrected chi connectivity index (χ1v) is 10.6. The topological polar surface area (TPSA) is 84.2 Å². The van der Waals surface area contributed by atoms with Gasteiger partial charge in [0.2, 0.25) is 5.91 Å². The van der Waals surface area contributed by atoms with Crippen LogP contribution in [-0.4, -0.2) is 22.8 Å². The molecule has 1 atom stereocenters. The van der Waals surface area contributed by atoms with E-state index in [1.54, 1.807) is 31.3 Å². The van der Waals surface area contributed by atoms with Crippen molar-refractivity contribution in [3.8, 4) is 11.3 Å². The highest BCUT2D eigenvalue weighted by molar-refractivity contribution is 6.36. The summed E-state index contributed by atoms with van der Waals surface area (Å²) in [5, 5.41) is 6.30. The highest BCUT2D eigenvalue weighted by Crippen LogP contribution is 2.23. The summed E-state index contributed by atoms with van der Waals surface area (Å²) in [5.41, 5.74) is 1.72. The van der Waals surface area contributed by atoms with E-state index in [-0.39, 0.29) is 22.4 Å². The minimum absolute atomic E-state index is 0.189. The Morgan fingerprint density at radius 3 is 2.39 bits per heavy atom.